The van der Waals surface area contributed by atoms with E-state index in [1.165, 1.54) is 32.8 Å². The van der Waals surface area contributed by atoms with E-state index in [4.69, 9.17) is 20.6 Å². The first-order valence-electron chi connectivity index (χ1n) is 21.2. The summed E-state index contributed by atoms with van der Waals surface area (Å²) < 4.78 is 0. The minimum absolute atomic E-state index is 0. The SMILES string of the molecule is C.C.CC(C)c1cccc(C(C)C)c1[N-]Cc1cccc(-c2[c-]ccc3ccccc23)n1.Cc1ccccc1C([N-]c1ccccc1)c1cccc(-c2[c-]ccc3ccccc23)n1.[CH3-].[CH3-].[CH3-].[CH3-].[Hf].[Hf]. The van der Waals surface area contributed by atoms with E-state index in [0.717, 1.165) is 56.2 Å². The van der Waals surface area contributed by atoms with E-state index in [0.29, 0.717) is 18.4 Å². The molecule has 358 valence electrons. The van der Waals surface area contributed by atoms with Crippen LogP contribution in [-0.2, 0) is 58.2 Å². The van der Waals surface area contributed by atoms with Gasteiger partial charge in [0, 0.05) is 63.1 Å². The van der Waals surface area contributed by atoms with Gasteiger partial charge in [0.1, 0.15) is 0 Å². The Balaban J connectivity index is 0.00000120. The van der Waals surface area contributed by atoms with Crippen molar-refractivity contribution in [2.75, 3.05) is 0 Å². The number of pyridine rings is 2. The Morgan fingerprint density at radius 3 is 1.49 bits per heavy atom. The van der Waals surface area contributed by atoms with Crippen molar-refractivity contribution in [1.29, 1.82) is 0 Å². The van der Waals surface area contributed by atoms with Gasteiger partial charge in [-0.3, -0.25) is 0 Å². The largest absolute Gasteiger partial charge is 0.679 e. The van der Waals surface area contributed by atoms with Gasteiger partial charge in [0.15, 0.2) is 0 Å². The van der Waals surface area contributed by atoms with Gasteiger partial charge in [0.2, 0.25) is 0 Å². The maximum absolute atomic E-state index is 5.08. The molecule has 2 aromatic heterocycles. The average Bonchev–Trinajstić information content (AvgIpc) is 3.30. The molecule has 2 heterocycles. The molecule has 6 heteroatoms. The van der Waals surface area contributed by atoms with E-state index < -0.39 is 0 Å². The Hall–Kier alpha value is -5.30. The predicted molar refractivity (Wildman–Crippen MR) is 295 cm³/mol. The van der Waals surface area contributed by atoms with Crippen molar-refractivity contribution < 1.29 is 51.7 Å². The quantitative estimate of drug-likeness (QED) is 0.0957. The molecule has 0 aliphatic carbocycles. The summed E-state index contributed by atoms with van der Waals surface area (Å²) in [7, 11) is 0. The molecule has 0 aliphatic rings. The standard InChI is InChI=1S/C29H22N2.C28H28N2.2CH4.4CH3.2Hf/c1-21-11-5-7-16-24(21)29(30-23-14-3-2-4-15-23)28-20-10-19-27(31-28)26-18-9-13-22-12-6-8-17-25(22)26;1-19(2)23-14-9-15-24(20(3)4)28(23)29-18-22-12-8-17-27(30-22)26-16-7-11-21-10-5-6-13-25(21)26;;;;;;;;/h2-17,19-20,29H,1H3;5-15,17,19-20H,18H2,1-4H3;2*1H4;4*1H3;;/q2*-2;;;4*-1;;. The Labute approximate surface area is 455 Å². The van der Waals surface area contributed by atoms with Crippen molar-refractivity contribution in [2.24, 2.45) is 0 Å². The first-order valence-corrected chi connectivity index (χ1v) is 21.2. The first-order chi connectivity index (χ1) is 29.8. The third-order valence-electron chi connectivity index (χ3n) is 11.1. The minimum atomic E-state index is -0.182. The molecule has 0 aliphatic heterocycles. The van der Waals surface area contributed by atoms with E-state index >= 15 is 0 Å². The molecule has 0 bridgehead atoms. The van der Waals surface area contributed by atoms with Crippen molar-refractivity contribution in [3.63, 3.8) is 0 Å². The van der Waals surface area contributed by atoms with Crippen LogP contribution in [0.1, 0.15) is 94.1 Å². The first kappa shape index (κ1) is 63.7. The summed E-state index contributed by atoms with van der Waals surface area (Å²) in [6.07, 6.45) is 0. The van der Waals surface area contributed by atoms with Crippen LogP contribution >= 0.6 is 0 Å². The summed E-state index contributed by atoms with van der Waals surface area (Å²) >= 11 is 0. The van der Waals surface area contributed by atoms with Gasteiger partial charge in [-0.05, 0) is 53.9 Å². The van der Waals surface area contributed by atoms with Crippen LogP contribution in [0.5, 0.6) is 0 Å². The molecule has 0 N–H and O–H groups in total. The number of hydrogen-bond donors (Lipinski definition) is 0. The Morgan fingerprint density at radius 1 is 0.478 bits per heavy atom. The Morgan fingerprint density at radius 2 is 0.942 bits per heavy atom. The summed E-state index contributed by atoms with van der Waals surface area (Å²) in [5.74, 6) is 0.874. The Kier molecular flexibility index (Phi) is 28.0. The van der Waals surface area contributed by atoms with Gasteiger partial charge < -0.3 is 50.3 Å². The summed E-state index contributed by atoms with van der Waals surface area (Å²) in [4.78, 5) is 10.0. The van der Waals surface area contributed by atoms with Gasteiger partial charge in [-0.1, -0.05) is 222 Å². The summed E-state index contributed by atoms with van der Waals surface area (Å²) in [5.41, 5.74) is 12.9. The molecular formula is C63H70Hf2N4-8. The number of rotatable bonds is 11. The maximum atomic E-state index is 5.08. The second-order valence-corrected chi connectivity index (χ2v) is 16.0. The summed E-state index contributed by atoms with van der Waals surface area (Å²) in [6, 6.07) is 68.9. The van der Waals surface area contributed by atoms with Crippen LogP contribution in [0, 0.1) is 48.8 Å². The van der Waals surface area contributed by atoms with Crippen molar-refractivity contribution in [2.45, 2.75) is 73.9 Å². The number of nitrogens with zero attached hydrogens (tertiary/aromatic N) is 4. The molecule has 0 saturated carbocycles. The zero-order chi connectivity index (χ0) is 42.1. The van der Waals surface area contributed by atoms with Crippen LogP contribution in [0.3, 0.4) is 0 Å². The molecule has 0 saturated heterocycles. The van der Waals surface area contributed by atoms with Crippen LogP contribution in [-0.4, -0.2) is 9.97 Å². The van der Waals surface area contributed by atoms with E-state index in [1.54, 1.807) is 0 Å². The molecule has 9 aromatic rings. The fourth-order valence-electron chi connectivity index (χ4n) is 7.90. The zero-order valence-corrected chi connectivity index (χ0v) is 47.7. The minimum Gasteiger partial charge on any atom is -0.679 e. The number of para-hydroxylation sites is 2. The third kappa shape index (κ3) is 15.3. The van der Waals surface area contributed by atoms with Crippen molar-refractivity contribution in [3.05, 3.63) is 268 Å². The number of benzene rings is 7. The van der Waals surface area contributed by atoms with Crippen molar-refractivity contribution in [3.8, 4) is 22.5 Å². The van der Waals surface area contributed by atoms with Gasteiger partial charge in [-0.25, -0.2) is 0 Å². The third-order valence-corrected chi connectivity index (χ3v) is 11.1. The molecule has 69 heavy (non-hydrogen) atoms. The Bertz CT molecular complexity index is 2860. The second-order valence-electron chi connectivity index (χ2n) is 16.0. The smallest absolute Gasteiger partial charge is 0.0195 e. The van der Waals surface area contributed by atoms with E-state index in [1.807, 2.05) is 42.5 Å². The average molecular weight is 1240 g/mol. The van der Waals surface area contributed by atoms with Crippen LogP contribution in [0.4, 0.5) is 11.4 Å². The van der Waals surface area contributed by atoms with Gasteiger partial charge in [-0.15, -0.1) is 69.7 Å². The second kappa shape index (κ2) is 30.3. The predicted octanol–water partition coefficient (Wildman–Crippen LogP) is 19.0. The normalized spacial score (nSPS) is 10.3. The van der Waals surface area contributed by atoms with E-state index in [2.05, 4.69) is 186 Å². The fourth-order valence-corrected chi connectivity index (χ4v) is 7.90. The maximum Gasteiger partial charge on any atom is 0.0195 e. The van der Waals surface area contributed by atoms with E-state index in [9.17, 15) is 0 Å². The molecule has 9 rings (SSSR count). The molecule has 0 spiro atoms. The van der Waals surface area contributed by atoms with Gasteiger partial charge in [-0.2, -0.15) is 0 Å². The molecule has 0 radical (unpaired) electrons. The van der Waals surface area contributed by atoms with E-state index in [-0.39, 0.29) is 102 Å². The molecular weight excluding hydrogens is 1170 g/mol. The van der Waals surface area contributed by atoms with Crippen LogP contribution in [0.2, 0.25) is 0 Å². The van der Waals surface area contributed by atoms with Gasteiger partial charge in [0.25, 0.3) is 0 Å². The fraction of sp³-hybridized carbons (Fsp3) is 0.175. The summed E-state index contributed by atoms with van der Waals surface area (Å²) in [5, 5.41) is 14.8. The number of aromatic nitrogens is 2. The van der Waals surface area contributed by atoms with Crippen molar-refractivity contribution >= 4 is 32.9 Å². The van der Waals surface area contributed by atoms with Crippen LogP contribution in [0.25, 0.3) is 54.7 Å². The zero-order valence-electron chi connectivity index (χ0n) is 40.5. The monoisotopic (exact) mass is 1240 g/mol. The topological polar surface area (TPSA) is 54.0 Å². The number of hydrogen-bond acceptors (Lipinski definition) is 2. The number of fused-ring (bicyclic) bond motifs is 2. The van der Waals surface area contributed by atoms with Gasteiger partial charge >= 0.3 is 0 Å². The van der Waals surface area contributed by atoms with Crippen LogP contribution < -0.4 is 0 Å². The van der Waals surface area contributed by atoms with Gasteiger partial charge in [0.05, 0.1) is 0 Å². The molecule has 1 atom stereocenters. The molecule has 0 fully saturated rings. The molecule has 0 amide bonds. The molecule has 4 nitrogen and oxygen atoms in total. The number of aryl methyl sites for hydroxylation is 1. The van der Waals surface area contributed by atoms with Crippen molar-refractivity contribution in [1.82, 2.24) is 9.97 Å². The molecule has 7 aromatic carbocycles. The molecule has 1 unspecified atom stereocenters. The summed E-state index contributed by atoms with van der Waals surface area (Å²) in [6.45, 7) is 11.6. The van der Waals surface area contributed by atoms with Crippen LogP contribution in [0.15, 0.2) is 182 Å².